The van der Waals surface area contributed by atoms with E-state index in [1.165, 1.54) is 11.1 Å². The molecule has 1 fully saturated rings. The molecule has 0 aliphatic carbocycles. The molecule has 1 aliphatic rings. The summed E-state index contributed by atoms with van der Waals surface area (Å²) in [5.41, 5.74) is 2.62. The molecule has 3 heteroatoms. The molecule has 17 heavy (non-hydrogen) atoms. The second kappa shape index (κ2) is 5.32. The third-order valence-electron chi connectivity index (χ3n) is 3.31. The van der Waals surface area contributed by atoms with Gasteiger partial charge >= 0.3 is 0 Å². The van der Waals surface area contributed by atoms with E-state index < -0.39 is 0 Å². The third-order valence-corrected chi connectivity index (χ3v) is 3.31. The molecule has 0 aromatic heterocycles. The van der Waals surface area contributed by atoms with Gasteiger partial charge in [-0.2, -0.15) is 0 Å². The lowest BCUT2D eigenvalue weighted by Crippen LogP contribution is -2.37. The lowest BCUT2D eigenvalue weighted by Gasteiger charge is -2.12. The first-order chi connectivity index (χ1) is 8.16. The van der Waals surface area contributed by atoms with Crippen LogP contribution < -0.4 is 5.32 Å². The Morgan fingerprint density at radius 2 is 2.29 bits per heavy atom. The van der Waals surface area contributed by atoms with Crippen molar-refractivity contribution in [1.29, 1.82) is 0 Å². The molecule has 2 rings (SSSR count). The molecule has 3 nitrogen and oxygen atoms in total. The number of likely N-dealkylation sites (N-methyl/N-ethyl adjacent to an activating group) is 1. The summed E-state index contributed by atoms with van der Waals surface area (Å²) in [6.45, 7) is 3.85. The Labute approximate surface area is 103 Å². The summed E-state index contributed by atoms with van der Waals surface area (Å²) in [5.74, 6) is 0.231. The molecule has 1 amide bonds. The number of benzene rings is 1. The van der Waals surface area contributed by atoms with Gasteiger partial charge in [0.2, 0.25) is 5.91 Å². The number of amides is 1. The molecule has 1 atom stereocenters. The van der Waals surface area contributed by atoms with Crippen molar-refractivity contribution in [2.75, 3.05) is 20.1 Å². The fourth-order valence-electron chi connectivity index (χ4n) is 2.27. The van der Waals surface area contributed by atoms with Crippen molar-refractivity contribution in [2.45, 2.75) is 25.8 Å². The van der Waals surface area contributed by atoms with Gasteiger partial charge in [-0.05, 0) is 31.9 Å². The van der Waals surface area contributed by atoms with Gasteiger partial charge in [0.05, 0.1) is 6.04 Å². The first-order valence-electron chi connectivity index (χ1n) is 6.21. The highest BCUT2D eigenvalue weighted by Gasteiger charge is 2.27. The second-order valence-corrected chi connectivity index (χ2v) is 4.79. The number of rotatable bonds is 4. The maximum Gasteiger partial charge on any atom is 0.239 e. The largest absolute Gasteiger partial charge is 0.344 e. The summed E-state index contributed by atoms with van der Waals surface area (Å²) in [4.78, 5) is 13.5. The summed E-state index contributed by atoms with van der Waals surface area (Å²) in [5, 5.41) is 3.34. The van der Waals surface area contributed by atoms with Crippen molar-refractivity contribution in [3.05, 3.63) is 35.4 Å². The molecular formula is C14H20N2O. The third kappa shape index (κ3) is 3.07. The fourth-order valence-corrected chi connectivity index (χ4v) is 2.27. The Bertz CT molecular complexity index is 403. The molecule has 0 bridgehead atoms. The highest BCUT2D eigenvalue weighted by molar-refractivity contribution is 5.83. The van der Waals surface area contributed by atoms with Crippen molar-refractivity contribution in [2.24, 2.45) is 0 Å². The van der Waals surface area contributed by atoms with E-state index in [1.54, 1.807) is 4.90 Å². The van der Waals surface area contributed by atoms with E-state index in [0.29, 0.717) is 0 Å². The first-order valence-corrected chi connectivity index (χ1v) is 6.21. The number of hydrogen-bond acceptors (Lipinski definition) is 2. The summed E-state index contributed by atoms with van der Waals surface area (Å²) in [6, 6.07) is 8.55. The number of carbonyl (C=O) groups excluding carboxylic acids is 1. The van der Waals surface area contributed by atoms with Gasteiger partial charge in [-0.1, -0.05) is 29.8 Å². The summed E-state index contributed by atoms with van der Waals surface area (Å²) in [7, 11) is 1.87. The SMILES string of the molecule is Cc1cccc(CCNC2CCN(C)C2=O)c1. The van der Waals surface area contributed by atoms with Crippen LogP contribution in [0.5, 0.6) is 0 Å². The lowest BCUT2D eigenvalue weighted by molar-refractivity contribution is -0.128. The highest BCUT2D eigenvalue weighted by Crippen LogP contribution is 2.09. The van der Waals surface area contributed by atoms with Gasteiger partial charge in [0.15, 0.2) is 0 Å². The number of nitrogens with one attached hydrogen (secondary N) is 1. The van der Waals surface area contributed by atoms with E-state index in [9.17, 15) is 4.79 Å². The molecule has 1 aromatic rings. The number of nitrogens with zero attached hydrogens (tertiary/aromatic N) is 1. The summed E-state index contributed by atoms with van der Waals surface area (Å²) in [6.07, 6.45) is 1.92. The maximum atomic E-state index is 11.7. The normalized spacial score (nSPS) is 20.0. The predicted octanol–water partition coefficient (Wildman–Crippen LogP) is 1.36. The van der Waals surface area contributed by atoms with Gasteiger partial charge in [0.25, 0.3) is 0 Å². The Kier molecular flexibility index (Phi) is 3.79. The number of likely N-dealkylation sites (tertiary alicyclic amines) is 1. The smallest absolute Gasteiger partial charge is 0.239 e. The summed E-state index contributed by atoms with van der Waals surface area (Å²) >= 11 is 0. The van der Waals surface area contributed by atoms with Gasteiger partial charge in [0, 0.05) is 13.6 Å². The van der Waals surface area contributed by atoms with Crippen LogP contribution in [0.3, 0.4) is 0 Å². The molecule has 0 radical (unpaired) electrons. The lowest BCUT2D eigenvalue weighted by atomic mass is 10.1. The maximum absolute atomic E-state index is 11.7. The number of aryl methyl sites for hydroxylation is 1. The zero-order valence-corrected chi connectivity index (χ0v) is 10.6. The average Bonchev–Trinajstić information content (AvgIpc) is 2.61. The van der Waals surface area contributed by atoms with Crippen molar-refractivity contribution in [1.82, 2.24) is 10.2 Å². The van der Waals surface area contributed by atoms with Crippen molar-refractivity contribution in [3.63, 3.8) is 0 Å². The predicted molar refractivity (Wildman–Crippen MR) is 68.9 cm³/mol. The van der Waals surface area contributed by atoms with E-state index in [0.717, 1.165) is 25.9 Å². The van der Waals surface area contributed by atoms with E-state index in [2.05, 4.69) is 36.5 Å². The molecule has 1 N–H and O–H groups in total. The van der Waals surface area contributed by atoms with Gasteiger partial charge in [-0.15, -0.1) is 0 Å². The Balaban J connectivity index is 1.78. The first kappa shape index (κ1) is 12.1. The fraction of sp³-hybridized carbons (Fsp3) is 0.500. The van der Waals surface area contributed by atoms with Crippen LogP contribution in [0, 0.1) is 6.92 Å². The minimum absolute atomic E-state index is 0.0322. The number of carbonyl (C=O) groups is 1. The van der Waals surface area contributed by atoms with Crippen LogP contribution in [-0.4, -0.2) is 37.0 Å². The molecule has 1 unspecified atom stereocenters. The van der Waals surface area contributed by atoms with E-state index >= 15 is 0 Å². The Morgan fingerprint density at radius 1 is 1.47 bits per heavy atom. The quantitative estimate of drug-likeness (QED) is 0.850. The van der Waals surface area contributed by atoms with E-state index in [4.69, 9.17) is 0 Å². The minimum Gasteiger partial charge on any atom is -0.344 e. The standard InChI is InChI=1S/C14H20N2O/c1-11-4-3-5-12(10-11)6-8-15-13-7-9-16(2)14(13)17/h3-5,10,13,15H,6-9H2,1-2H3. The number of hydrogen-bond donors (Lipinski definition) is 1. The van der Waals surface area contributed by atoms with Crippen LogP contribution in [0.25, 0.3) is 0 Å². The van der Waals surface area contributed by atoms with Crippen molar-refractivity contribution in [3.8, 4) is 0 Å². The van der Waals surface area contributed by atoms with Crippen molar-refractivity contribution < 1.29 is 4.79 Å². The molecule has 1 aromatic carbocycles. The molecule has 0 saturated carbocycles. The summed E-state index contributed by atoms with van der Waals surface area (Å²) < 4.78 is 0. The molecule has 0 spiro atoms. The monoisotopic (exact) mass is 232 g/mol. The average molecular weight is 232 g/mol. The molecule has 1 aliphatic heterocycles. The van der Waals surface area contributed by atoms with Crippen LogP contribution >= 0.6 is 0 Å². The topological polar surface area (TPSA) is 32.3 Å². The molecular weight excluding hydrogens is 212 g/mol. The Morgan fingerprint density at radius 3 is 2.94 bits per heavy atom. The molecule has 1 saturated heterocycles. The zero-order valence-electron chi connectivity index (χ0n) is 10.6. The van der Waals surface area contributed by atoms with E-state index in [1.807, 2.05) is 7.05 Å². The van der Waals surface area contributed by atoms with Gasteiger partial charge < -0.3 is 10.2 Å². The molecule has 1 heterocycles. The van der Waals surface area contributed by atoms with Gasteiger partial charge in [0.1, 0.15) is 0 Å². The zero-order chi connectivity index (χ0) is 12.3. The highest BCUT2D eigenvalue weighted by atomic mass is 16.2. The van der Waals surface area contributed by atoms with Crippen LogP contribution in [0.4, 0.5) is 0 Å². The van der Waals surface area contributed by atoms with Crippen LogP contribution in [0.2, 0.25) is 0 Å². The van der Waals surface area contributed by atoms with E-state index in [-0.39, 0.29) is 11.9 Å². The minimum atomic E-state index is 0.0322. The van der Waals surface area contributed by atoms with Gasteiger partial charge in [-0.25, -0.2) is 0 Å². The van der Waals surface area contributed by atoms with Crippen LogP contribution in [-0.2, 0) is 11.2 Å². The molecule has 92 valence electrons. The second-order valence-electron chi connectivity index (χ2n) is 4.79. The van der Waals surface area contributed by atoms with Gasteiger partial charge in [-0.3, -0.25) is 4.79 Å². The Hall–Kier alpha value is -1.35. The van der Waals surface area contributed by atoms with Crippen LogP contribution in [0.15, 0.2) is 24.3 Å². The van der Waals surface area contributed by atoms with Crippen molar-refractivity contribution >= 4 is 5.91 Å². The van der Waals surface area contributed by atoms with Crippen LogP contribution in [0.1, 0.15) is 17.5 Å².